The second kappa shape index (κ2) is 7.82. The van der Waals surface area contributed by atoms with Crippen molar-refractivity contribution in [3.63, 3.8) is 0 Å². The van der Waals surface area contributed by atoms with Crippen LogP contribution >= 0.6 is 0 Å². The van der Waals surface area contributed by atoms with Gasteiger partial charge in [0.15, 0.2) is 0 Å². The van der Waals surface area contributed by atoms with Gasteiger partial charge in [0.05, 0.1) is 11.7 Å². The predicted molar refractivity (Wildman–Crippen MR) is 106 cm³/mol. The number of nitrogens with zero attached hydrogens (tertiary/aromatic N) is 4. The molecular weight excluding hydrogens is 338 g/mol. The van der Waals surface area contributed by atoms with Crippen molar-refractivity contribution in [3.8, 4) is 11.3 Å². The Kier molecular flexibility index (Phi) is 5.27. The van der Waals surface area contributed by atoms with E-state index in [-0.39, 0.29) is 11.9 Å². The molecule has 1 aromatic heterocycles. The van der Waals surface area contributed by atoms with Gasteiger partial charge in [0.1, 0.15) is 0 Å². The first kappa shape index (κ1) is 18.2. The van der Waals surface area contributed by atoms with E-state index in [0.29, 0.717) is 6.04 Å². The van der Waals surface area contributed by atoms with Gasteiger partial charge in [0.2, 0.25) is 5.91 Å². The quantitative estimate of drug-likeness (QED) is 0.847. The Morgan fingerprint density at radius 2 is 1.93 bits per heavy atom. The van der Waals surface area contributed by atoms with Crippen molar-refractivity contribution in [3.05, 3.63) is 42.1 Å². The van der Waals surface area contributed by atoms with E-state index in [1.54, 1.807) is 0 Å². The SMILES string of the molecule is C[C@H](C(=O)NC1CC1)N1CCN(Cc2ccccc2-c2ccnn2C)CC1. The van der Waals surface area contributed by atoms with Crippen molar-refractivity contribution in [1.82, 2.24) is 24.9 Å². The lowest BCUT2D eigenvalue weighted by molar-refractivity contribution is -0.126. The zero-order valence-electron chi connectivity index (χ0n) is 16.3. The highest BCUT2D eigenvalue weighted by atomic mass is 16.2. The van der Waals surface area contributed by atoms with Crippen molar-refractivity contribution in [1.29, 1.82) is 0 Å². The fourth-order valence-corrected chi connectivity index (χ4v) is 3.81. The van der Waals surface area contributed by atoms with Gasteiger partial charge in [-0.3, -0.25) is 19.3 Å². The molecule has 0 unspecified atom stereocenters. The maximum atomic E-state index is 12.3. The monoisotopic (exact) mass is 367 g/mol. The second-order valence-electron chi connectivity index (χ2n) is 7.77. The van der Waals surface area contributed by atoms with Gasteiger partial charge in [0.25, 0.3) is 0 Å². The molecule has 6 nitrogen and oxygen atoms in total. The molecule has 4 rings (SSSR count). The number of nitrogens with one attached hydrogen (secondary N) is 1. The van der Waals surface area contributed by atoms with Crippen LogP contribution in [0, 0.1) is 0 Å². The van der Waals surface area contributed by atoms with E-state index in [0.717, 1.165) is 51.3 Å². The van der Waals surface area contributed by atoms with Crippen LogP contribution < -0.4 is 5.32 Å². The van der Waals surface area contributed by atoms with Crippen LogP contribution in [0.15, 0.2) is 36.5 Å². The Hall–Kier alpha value is -2.18. The van der Waals surface area contributed by atoms with Crippen LogP contribution in [-0.2, 0) is 18.4 Å². The van der Waals surface area contributed by atoms with Gasteiger partial charge in [-0.05, 0) is 31.4 Å². The number of aromatic nitrogens is 2. The standard InChI is InChI=1S/C21H29N5O/c1-16(21(27)23-18-7-8-18)26-13-11-25(12-14-26)15-17-5-3-4-6-19(17)20-9-10-22-24(20)2/h3-6,9-10,16,18H,7-8,11-15H2,1-2H3,(H,23,27)/t16-/m1/s1. The zero-order valence-corrected chi connectivity index (χ0v) is 16.3. The highest BCUT2D eigenvalue weighted by Crippen LogP contribution is 2.25. The van der Waals surface area contributed by atoms with E-state index in [2.05, 4.69) is 50.5 Å². The number of hydrogen-bond donors (Lipinski definition) is 1. The number of amides is 1. The molecule has 0 spiro atoms. The molecule has 1 atom stereocenters. The molecule has 2 aliphatic rings. The Bertz CT molecular complexity index is 789. The number of rotatable bonds is 6. The maximum Gasteiger partial charge on any atom is 0.237 e. The average Bonchev–Trinajstić information content (AvgIpc) is 3.40. The first-order valence-electron chi connectivity index (χ1n) is 9.95. The summed E-state index contributed by atoms with van der Waals surface area (Å²) in [6.07, 6.45) is 4.13. The van der Waals surface area contributed by atoms with E-state index in [4.69, 9.17) is 0 Å². The van der Waals surface area contributed by atoms with Gasteiger partial charge < -0.3 is 5.32 Å². The summed E-state index contributed by atoms with van der Waals surface area (Å²) in [4.78, 5) is 17.1. The summed E-state index contributed by atoms with van der Waals surface area (Å²) in [5.74, 6) is 0.188. The number of carbonyl (C=O) groups excluding carboxylic acids is 1. The lowest BCUT2D eigenvalue weighted by Gasteiger charge is -2.37. The molecule has 0 bridgehead atoms. The highest BCUT2D eigenvalue weighted by Gasteiger charge is 2.30. The van der Waals surface area contributed by atoms with Crippen molar-refractivity contribution >= 4 is 5.91 Å². The van der Waals surface area contributed by atoms with Crippen molar-refractivity contribution in [2.45, 2.75) is 38.4 Å². The molecule has 1 saturated carbocycles. The van der Waals surface area contributed by atoms with Crippen LogP contribution in [-0.4, -0.2) is 63.8 Å². The topological polar surface area (TPSA) is 53.4 Å². The summed E-state index contributed by atoms with van der Waals surface area (Å²) in [7, 11) is 1.99. The molecular formula is C21H29N5O. The lowest BCUT2D eigenvalue weighted by Crippen LogP contribution is -2.53. The number of benzene rings is 1. The first-order chi connectivity index (χ1) is 13.1. The van der Waals surface area contributed by atoms with Crippen molar-refractivity contribution in [2.75, 3.05) is 26.2 Å². The molecule has 2 fully saturated rings. The molecule has 1 aliphatic heterocycles. The number of hydrogen-bond acceptors (Lipinski definition) is 4. The van der Waals surface area contributed by atoms with Crippen LogP contribution in [0.4, 0.5) is 0 Å². The highest BCUT2D eigenvalue weighted by molar-refractivity contribution is 5.81. The van der Waals surface area contributed by atoms with E-state index < -0.39 is 0 Å². The van der Waals surface area contributed by atoms with Crippen molar-refractivity contribution < 1.29 is 4.79 Å². The van der Waals surface area contributed by atoms with Gasteiger partial charge in [-0.25, -0.2) is 0 Å². The van der Waals surface area contributed by atoms with Crippen LogP contribution in [0.3, 0.4) is 0 Å². The molecule has 2 heterocycles. The molecule has 0 radical (unpaired) electrons. The van der Waals surface area contributed by atoms with Gasteiger partial charge in [0, 0.05) is 57.6 Å². The van der Waals surface area contributed by atoms with E-state index in [1.165, 1.54) is 11.1 Å². The first-order valence-corrected chi connectivity index (χ1v) is 9.95. The Morgan fingerprint density at radius 3 is 2.59 bits per heavy atom. The second-order valence-corrected chi connectivity index (χ2v) is 7.77. The average molecular weight is 367 g/mol. The molecule has 27 heavy (non-hydrogen) atoms. The molecule has 1 N–H and O–H groups in total. The fraction of sp³-hybridized carbons (Fsp3) is 0.524. The summed E-state index contributed by atoms with van der Waals surface area (Å²) in [5.41, 5.74) is 3.72. The molecule has 1 saturated heterocycles. The Balaban J connectivity index is 1.36. The minimum atomic E-state index is -0.0329. The smallest absolute Gasteiger partial charge is 0.237 e. The number of piperazine rings is 1. The summed E-state index contributed by atoms with van der Waals surface area (Å²) >= 11 is 0. The molecule has 1 aromatic carbocycles. The minimum Gasteiger partial charge on any atom is -0.352 e. The van der Waals surface area contributed by atoms with E-state index >= 15 is 0 Å². The number of aryl methyl sites for hydroxylation is 1. The zero-order chi connectivity index (χ0) is 18.8. The van der Waals surface area contributed by atoms with Crippen LogP contribution in [0.2, 0.25) is 0 Å². The van der Waals surface area contributed by atoms with Gasteiger partial charge in [-0.1, -0.05) is 24.3 Å². The molecule has 144 valence electrons. The fourth-order valence-electron chi connectivity index (χ4n) is 3.81. The van der Waals surface area contributed by atoms with Crippen molar-refractivity contribution in [2.24, 2.45) is 7.05 Å². The molecule has 6 heteroatoms. The van der Waals surface area contributed by atoms with E-state index in [9.17, 15) is 4.79 Å². The summed E-state index contributed by atoms with van der Waals surface area (Å²) < 4.78 is 1.93. The van der Waals surface area contributed by atoms with E-state index in [1.807, 2.05) is 24.9 Å². The van der Waals surface area contributed by atoms with Crippen LogP contribution in [0.1, 0.15) is 25.3 Å². The third-order valence-electron chi connectivity index (χ3n) is 5.77. The number of carbonyl (C=O) groups is 1. The predicted octanol–water partition coefficient (Wildman–Crippen LogP) is 1.87. The Labute approximate surface area is 161 Å². The molecule has 2 aromatic rings. The minimum absolute atomic E-state index is 0.0329. The third-order valence-corrected chi connectivity index (χ3v) is 5.77. The molecule has 1 amide bonds. The normalized spacial score (nSPS) is 19.8. The summed E-state index contributed by atoms with van der Waals surface area (Å²) in [6, 6.07) is 11.0. The van der Waals surface area contributed by atoms with Gasteiger partial charge in [-0.2, -0.15) is 5.10 Å². The Morgan fingerprint density at radius 1 is 1.19 bits per heavy atom. The van der Waals surface area contributed by atoms with Crippen LogP contribution in [0.25, 0.3) is 11.3 Å². The molecule has 1 aliphatic carbocycles. The largest absolute Gasteiger partial charge is 0.352 e. The maximum absolute atomic E-state index is 12.3. The van der Waals surface area contributed by atoms with Gasteiger partial charge >= 0.3 is 0 Å². The lowest BCUT2D eigenvalue weighted by atomic mass is 10.0. The van der Waals surface area contributed by atoms with Gasteiger partial charge in [-0.15, -0.1) is 0 Å². The third kappa shape index (κ3) is 4.22. The summed E-state index contributed by atoms with van der Waals surface area (Å²) in [5, 5.41) is 7.44. The van der Waals surface area contributed by atoms with Crippen LogP contribution in [0.5, 0.6) is 0 Å². The summed E-state index contributed by atoms with van der Waals surface area (Å²) in [6.45, 7) is 6.81.